The van der Waals surface area contributed by atoms with Crippen molar-refractivity contribution in [2.24, 2.45) is 22.6 Å². The van der Waals surface area contributed by atoms with Crippen molar-refractivity contribution in [1.29, 1.82) is 5.26 Å². The van der Waals surface area contributed by atoms with E-state index in [2.05, 4.69) is 63.9 Å². The molecule has 19 heteroatoms. The molecule has 0 aliphatic carbocycles. The van der Waals surface area contributed by atoms with E-state index in [1.807, 2.05) is 25.1 Å². The summed E-state index contributed by atoms with van der Waals surface area (Å²) in [5, 5.41) is 34.8. The molecule has 3 aromatic rings. The molecule has 0 saturated heterocycles. The van der Waals surface area contributed by atoms with Gasteiger partial charge in [-0.1, -0.05) is 51.6 Å². The minimum Gasteiger partial charge on any atom is -0.505 e. The van der Waals surface area contributed by atoms with Gasteiger partial charge in [0.15, 0.2) is 5.82 Å². The molecule has 0 fully saturated rings. The number of allylic oxidation sites excluding steroid dienone is 5. The number of nitrogens with zero attached hydrogens (tertiary/aromatic N) is 4. The second-order valence-electron chi connectivity index (χ2n) is 17.5. The van der Waals surface area contributed by atoms with Crippen LogP contribution in [0.2, 0.25) is 0 Å². The first-order valence-corrected chi connectivity index (χ1v) is 22.4. The van der Waals surface area contributed by atoms with E-state index < -0.39 is 53.7 Å². The van der Waals surface area contributed by atoms with Gasteiger partial charge >= 0.3 is 0 Å². The van der Waals surface area contributed by atoms with E-state index in [-0.39, 0.29) is 91.5 Å². The van der Waals surface area contributed by atoms with Gasteiger partial charge in [-0.15, -0.1) is 0 Å². The molecule has 4 atom stereocenters. The Labute approximate surface area is 398 Å². The van der Waals surface area contributed by atoms with E-state index >= 15 is 0 Å². The second kappa shape index (κ2) is 24.1. The number of carbonyl (C=O) groups is 5. The Morgan fingerprint density at radius 3 is 2.32 bits per heavy atom. The van der Waals surface area contributed by atoms with Crippen molar-refractivity contribution in [3.05, 3.63) is 94.6 Å². The van der Waals surface area contributed by atoms with E-state index in [9.17, 15) is 34.3 Å². The number of aromatic nitrogens is 2. The number of phenolic OH excluding ortho intramolecular Hbond substituents is 1. The Balaban J connectivity index is 1.86. The summed E-state index contributed by atoms with van der Waals surface area (Å²) in [6.07, 6.45) is 5.55. The second-order valence-corrected chi connectivity index (χ2v) is 17.5. The third-order valence-corrected chi connectivity index (χ3v) is 11.3. The van der Waals surface area contributed by atoms with E-state index in [4.69, 9.17) is 21.9 Å². The van der Waals surface area contributed by atoms with Crippen molar-refractivity contribution >= 4 is 40.8 Å². The Bertz CT molecular complexity index is 2470. The highest BCUT2D eigenvalue weighted by atomic mass is 16.5. The minimum absolute atomic E-state index is 0.0354. The van der Waals surface area contributed by atoms with Crippen molar-refractivity contribution in [1.82, 2.24) is 36.1 Å². The first-order chi connectivity index (χ1) is 32.2. The molecule has 4 rings (SSSR count). The number of aryl methyl sites for hydroxylation is 2. The smallest absolute Gasteiger partial charge is 0.255 e. The number of benzene rings is 2. The average Bonchev–Trinajstić information content (AvgIpc) is 3.28. The third kappa shape index (κ3) is 13.3. The Morgan fingerprint density at radius 1 is 1.03 bits per heavy atom. The number of likely N-dealkylation sites (N-methyl/N-ethyl adjacent to an activating group) is 1. The van der Waals surface area contributed by atoms with Crippen LogP contribution in [0.15, 0.2) is 60.7 Å². The number of nitrogens with two attached hydrogens (primary N) is 3. The maximum absolute atomic E-state index is 14.8. The molecule has 0 saturated carbocycles. The van der Waals surface area contributed by atoms with Crippen molar-refractivity contribution < 1.29 is 33.8 Å². The standard InChI is InChI=1S/C49H66N12O7/c1-10-33(49(6,7)8)13-11-27(2)43-56-28(3)40(29(4)57-43)46(65)59-36(15-16-50)48(67)61(9)41-32-25-35(42(62)37(26-32)54-20-17-51)34-23-31(12-14-39(34)68-22-19-53)24-38(45(64)55-21-18-52)60-44(63)30(5)58-47(41)66/h10-14,23,25-26,30,36,38,41,54,62H,1,15-17,19-22,24,50-51,53H2,2-9H3,(H,55,64)(H,58,66)(H,59,65)(H,60,63)/b27-11+,33-13+/t30-,36-,38-,41-/m0/s1. The molecular formula is C49H66N12O7. The summed E-state index contributed by atoms with van der Waals surface area (Å²) in [4.78, 5) is 81.2. The maximum atomic E-state index is 14.8. The summed E-state index contributed by atoms with van der Waals surface area (Å²) in [5.74, 6) is -3.12. The van der Waals surface area contributed by atoms with Crippen molar-refractivity contribution in [3.63, 3.8) is 0 Å². The van der Waals surface area contributed by atoms with Gasteiger partial charge in [0.2, 0.25) is 23.6 Å². The quantitative estimate of drug-likeness (QED) is 0.0534. The molecule has 0 spiro atoms. The topological polar surface area (TPSA) is 306 Å². The molecule has 19 nitrogen and oxygen atoms in total. The molecule has 12 N–H and O–H groups in total. The molecule has 0 radical (unpaired) electrons. The number of phenols is 1. The minimum atomic E-state index is -1.52. The Hall–Kier alpha value is -7.14. The third-order valence-electron chi connectivity index (χ3n) is 11.3. The molecule has 4 bridgehead atoms. The SMILES string of the molecule is C=C/C(=C\C=C(/C)c1nc(C)c(C(=O)N[C@@H](CCN)C(=O)N(C)[C@@H]2C(=O)N[C@@H](C)C(=O)N[C@H](C(=O)NCC#N)Cc3ccc(OCCN)c(c3)-c3cc2cc(NCCN)c3O)c(C)n1)C(C)(C)C. The van der Waals surface area contributed by atoms with Gasteiger partial charge in [-0.3, -0.25) is 24.0 Å². The van der Waals surface area contributed by atoms with Crippen LogP contribution in [0.4, 0.5) is 5.69 Å². The van der Waals surface area contributed by atoms with E-state index in [1.54, 1.807) is 38.1 Å². The van der Waals surface area contributed by atoms with Crippen LogP contribution in [0, 0.1) is 30.6 Å². The van der Waals surface area contributed by atoms with Crippen LogP contribution in [0.25, 0.3) is 16.7 Å². The largest absolute Gasteiger partial charge is 0.505 e. The van der Waals surface area contributed by atoms with Crippen LogP contribution < -0.4 is 48.5 Å². The van der Waals surface area contributed by atoms with Gasteiger partial charge in [-0.2, -0.15) is 5.26 Å². The monoisotopic (exact) mass is 935 g/mol. The molecule has 0 unspecified atom stereocenters. The van der Waals surface area contributed by atoms with Crippen LogP contribution in [0.3, 0.4) is 0 Å². The fourth-order valence-corrected chi connectivity index (χ4v) is 7.63. The summed E-state index contributed by atoms with van der Waals surface area (Å²) in [6, 6.07) is 4.59. The van der Waals surface area contributed by atoms with Crippen LogP contribution >= 0.6 is 0 Å². The van der Waals surface area contributed by atoms with Gasteiger partial charge in [0.1, 0.15) is 48.8 Å². The van der Waals surface area contributed by atoms with Crippen LogP contribution in [-0.2, 0) is 25.6 Å². The maximum Gasteiger partial charge on any atom is 0.255 e. The first-order valence-electron chi connectivity index (χ1n) is 22.4. The molecule has 68 heavy (non-hydrogen) atoms. The van der Waals surface area contributed by atoms with Crippen LogP contribution in [0.1, 0.15) is 85.8 Å². The molecule has 1 aromatic heterocycles. The lowest BCUT2D eigenvalue weighted by atomic mass is 9.86. The lowest BCUT2D eigenvalue weighted by molar-refractivity contribution is -0.141. The zero-order valence-corrected chi connectivity index (χ0v) is 40.2. The number of nitriles is 1. The molecule has 2 aromatic carbocycles. The number of fused-ring (bicyclic) bond motifs is 5. The Morgan fingerprint density at radius 2 is 1.72 bits per heavy atom. The highest BCUT2D eigenvalue weighted by Gasteiger charge is 2.37. The lowest BCUT2D eigenvalue weighted by Gasteiger charge is -2.33. The molecule has 1 aliphatic heterocycles. The van der Waals surface area contributed by atoms with Crippen LogP contribution in [-0.4, -0.2) is 114 Å². The summed E-state index contributed by atoms with van der Waals surface area (Å²) in [6.45, 7) is 17.0. The number of nitrogens with one attached hydrogen (secondary N) is 5. The molecule has 364 valence electrons. The molecule has 5 amide bonds. The number of hydrogen-bond acceptors (Lipinski definition) is 14. The zero-order chi connectivity index (χ0) is 50.5. The highest BCUT2D eigenvalue weighted by Crippen LogP contribution is 2.43. The number of hydrogen-bond donors (Lipinski definition) is 9. The average molecular weight is 935 g/mol. The fourth-order valence-electron chi connectivity index (χ4n) is 7.63. The van der Waals surface area contributed by atoms with Crippen molar-refractivity contribution in [2.45, 2.75) is 85.5 Å². The molecule has 2 heterocycles. The number of aromatic hydroxyl groups is 1. The highest BCUT2D eigenvalue weighted by molar-refractivity contribution is 6.01. The fraction of sp³-hybridized carbons (Fsp3) is 0.429. The normalized spacial score (nSPS) is 17.1. The van der Waals surface area contributed by atoms with Gasteiger partial charge in [0.25, 0.3) is 5.91 Å². The lowest BCUT2D eigenvalue weighted by Crippen LogP contribution is -2.56. The van der Waals surface area contributed by atoms with Crippen LogP contribution in [0.5, 0.6) is 11.5 Å². The molecule has 1 aliphatic rings. The predicted octanol–water partition coefficient (Wildman–Crippen LogP) is 2.57. The first kappa shape index (κ1) is 53.5. The van der Waals surface area contributed by atoms with E-state index in [0.717, 1.165) is 16.0 Å². The summed E-state index contributed by atoms with van der Waals surface area (Å²) in [7, 11) is 1.37. The van der Waals surface area contributed by atoms with Crippen molar-refractivity contribution in [2.75, 3.05) is 51.7 Å². The van der Waals surface area contributed by atoms with Gasteiger partial charge in [-0.25, -0.2) is 9.97 Å². The van der Waals surface area contributed by atoms with Gasteiger partial charge in [0, 0.05) is 44.2 Å². The number of anilines is 1. The number of carbonyl (C=O) groups excluding carboxylic acids is 5. The van der Waals surface area contributed by atoms with Gasteiger partial charge in [0.05, 0.1) is 28.7 Å². The Kier molecular flexibility index (Phi) is 18.9. The summed E-state index contributed by atoms with van der Waals surface area (Å²) >= 11 is 0. The van der Waals surface area contributed by atoms with E-state index in [0.29, 0.717) is 28.3 Å². The zero-order valence-electron chi connectivity index (χ0n) is 40.2. The number of rotatable bonds is 17. The number of amides is 5. The molecular weight excluding hydrogens is 869 g/mol. The summed E-state index contributed by atoms with van der Waals surface area (Å²) < 4.78 is 6.03. The van der Waals surface area contributed by atoms with Crippen molar-refractivity contribution in [3.8, 4) is 28.7 Å². The number of ether oxygens (including phenoxy) is 1. The predicted molar refractivity (Wildman–Crippen MR) is 261 cm³/mol. The van der Waals surface area contributed by atoms with E-state index in [1.165, 1.54) is 26.1 Å². The van der Waals surface area contributed by atoms with Gasteiger partial charge < -0.3 is 58.5 Å². The van der Waals surface area contributed by atoms with Gasteiger partial charge in [-0.05, 0) is 92.6 Å². The summed E-state index contributed by atoms with van der Waals surface area (Å²) in [5.41, 5.74) is 21.6.